The van der Waals surface area contributed by atoms with Crippen LogP contribution in [0.25, 0.3) is 16.9 Å². The SMILES string of the molecule is CC(=O)Nc1ccc2c(c1)Cc1cn(-c3cccc(C(=O)O)c3)nc1-2. The molecule has 6 nitrogen and oxygen atoms in total. The van der Waals surface area contributed by atoms with Crippen molar-refractivity contribution in [2.75, 3.05) is 5.32 Å². The van der Waals surface area contributed by atoms with Crippen molar-refractivity contribution in [3.63, 3.8) is 0 Å². The van der Waals surface area contributed by atoms with Crippen LogP contribution in [-0.2, 0) is 11.2 Å². The first-order chi connectivity index (χ1) is 12.0. The summed E-state index contributed by atoms with van der Waals surface area (Å²) in [4.78, 5) is 22.3. The molecule has 0 spiro atoms. The van der Waals surface area contributed by atoms with Crippen molar-refractivity contribution in [1.82, 2.24) is 9.78 Å². The molecule has 1 amide bonds. The van der Waals surface area contributed by atoms with Gasteiger partial charge in [-0.05, 0) is 35.9 Å². The van der Waals surface area contributed by atoms with Gasteiger partial charge in [-0.15, -0.1) is 0 Å². The molecule has 4 rings (SSSR count). The average Bonchev–Trinajstić information content (AvgIpc) is 3.11. The van der Waals surface area contributed by atoms with Crippen molar-refractivity contribution in [2.24, 2.45) is 0 Å². The molecule has 3 aromatic rings. The van der Waals surface area contributed by atoms with E-state index in [0.717, 1.165) is 34.5 Å². The van der Waals surface area contributed by atoms with E-state index in [1.54, 1.807) is 22.9 Å². The number of hydrogen-bond acceptors (Lipinski definition) is 3. The molecule has 0 fully saturated rings. The van der Waals surface area contributed by atoms with Gasteiger partial charge in [-0.3, -0.25) is 4.79 Å². The zero-order valence-corrected chi connectivity index (χ0v) is 13.5. The molecular weight excluding hydrogens is 318 g/mol. The lowest BCUT2D eigenvalue weighted by Gasteiger charge is -2.06. The van der Waals surface area contributed by atoms with Gasteiger partial charge in [-0.25, -0.2) is 9.48 Å². The fourth-order valence-electron chi connectivity index (χ4n) is 3.14. The summed E-state index contributed by atoms with van der Waals surface area (Å²) in [5.41, 5.74) is 5.85. The highest BCUT2D eigenvalue weighted by Crippen LogP contribution is 2.37. The number of anilines is 1. The quantitative estimate of drug-likeness (QED) is 0.603. The van der Waals surface area contributed by atoms with Gasteiger partial charge in [-0.2, -0.15) is 5.10 Å². The highest BCUT2D eigenvalue weighted by atomic mass is 16.4. The Labute approximate surface area is 143 Å². The van der Waals surface area contributed by atoms with Crippen LogP contribution in [0.1, 0.15) is 28.4 Å². The molecule has 0 unspecified atom stereocenters. The molecule has 1 aromatic heterocycles. The smallest absolute Gasteiger partial charge is 0.335 e. The van der Waals surface area contributed by atoms with E-state index in [9.17, 15) is 9.59 Å². The number of carbonyl (C=O) groups is 2. The van der Waals surface area contributed by atoms with Gasteiger partial charge in [0.05, 0.1) is 16.9 Å². The predicted octanol–water partition coefficient (Wildman–Crippen LogP) is 3.10. The molecule has 0 aliphatic heterocycles. The zero-order chi connectivity index (χ0) is 17.6. The standard InChI is InChI=1S/C19H15N3O3/c1-11(23)20-15-5-6-17-13(8-15)7-14-10-22(21-18(14)17)16-4-2-3-12(9-16)19(24)25/h2-6,8-10H,7H2,1H3,(H,20,23)(H,24,25). The van der Waals surface area contributed by atoms with Gasteiger partial charge in [0.25, 0.3) is 0 Å². The van der Waals surface area contributed by atoms with Crippen LogP contribution < -0.4 is 5.32 Å². The van der Waals surface area contributed by atoms with Crippen LogP contribution in [0.4, 0.5) is 5.69 Å². The van der Waals surface area contributed by atoms with Gasteiger partial charge in [0.1, 0.15) is 0 Å². The van der Waals surface area contributed by atoms with Gasteiger partial charge >= 0.3 is 5.97 Å². The minimum absolute atomic E-state index is 0.0980. The van der Waals surface area contributed by atoms with Crippen LogP contribution in [0, 0.1) is 0 Å². The number of fused-ring (bicyclic) bond motifs is 3. The predicted molar refractivity (Wildman–Crippen MR) is 93.1 cm³/mol. The van der Waals surface area contributed by atoms with Crippen LogP contribution in [0.2, 0.25) is 0 Å². The lowest BCUT2D eigenvalue weighted by atomic mass is 10.1. The number of benzene rings is 2. The molecular formula is C19H15N3O3. The summed E-state index contributed by atoms with van der Waals surface area (Å²) in [7, 11) is 0. The Kier molecular flexibility index (Phi) is 3.39. The summed E-state index contributed by atoms with van der Waals surface area (Å²) in [5.74, 6) is -1.06. The Balaban J connectivity index is 1.70. The largest absolute Gasteiger partial charge is 0.478 e. The van der Waals surface area contributed by atoms with Crippen molar-refractivity contribution < 1.29 is 14.7 Å². The molecule has 0 saturated heterocycles. The first-order valence-corrected chi connectivity index (χ1v) is 7.84. The lowest BCUT2D eigenvalue weighted by Crippen LogP contribution is -2.06. The molecule has 1 heterocycles. The Morgan fingerprint density at radius 2 is 2.00 bits per heavy atom. The summed E-state index contributed by atoms with van der Waals surface area (Å²) in [6, 6.07) is 12.5. The third-order valence-corrected chi connectivity index (χ3v) is 4.21. The van der Waals surface area contributed by atoms with Crippen molar-refractivity contribution in [2.45, 2.75) is 13.3 Å². The maximum absolute atomic E-state index is 11.2. The number of aromatic nitrogens is 2. The summed E-state index contributed by atoms with van der Waals surface area (Å²) in [6.07, 6.45) is 2.66. The minimum Gasteiger partial charge on any atom is -0.478 e. The van der Waals surface area contributed by atoms with Gasteiger partial charge in [0.15, 0.2) is 0 Å². The second-order valence-electron chi connectivity index (χ2n) is 6.03. The summed E-state index contributed by atoms with van der Waals surface area (Å²) < 4.78 is 1.71. The highest BCUT2D eigenvalue weighted by molar-refractivity contribution is 5.90. The topological polar surface area (TPSA) is 84.2 Å². The number of nitrogens with one attached hydrogen (secondary N) is 1. The third-order valence-electron chi connectivity index (χ3n) is 4.21. The van der Waals surface area contributed by atoms with Crippen LogP contribution in [0.15, 0.2) is 48.7 Å². The van der Waals surface area contributed by atoms with Crippen molar-refractivity contribution >= 4 is 17.6 Å². The normalized spacial score (nSPS) is 11.7. The van der Waals surface area contributed by atoms with Gasteiger partial charge in [0.2, 0.25) is 5.91 Å². The first-order valence-electron chi connectivity index (χ1n) is 7.84. The maximum Gasteiger partial charge on any atom is 0.335 e. The molecule has 0 bridgehead atoms. The molecule has 0 saturated carbocycles. The van der Waals surface area contributed by atoms with Gasteiger partial charge in [0, 0.05) is 36.4 Å². The minimum atomic E-state index is -0.961. The number of carboxylic acids is 1. The van der Waals surface area contributed by atoms with Crippen molar-refractivity contribution in [1.29, 1.82) is 0 Å². The first kappa shape index (κ1) is 15.1. The molecule has 124 valence electrons. The second-order valence-corrected chi connectivity index (χ2v) is 6.03. The van der Waals surface area contributed by atoms with Gasteiger partial charge < -0.3 is 10.4 Å². The number of carboxylic acid groups (broad SMARTS) is 1. The van der Waals surface area contributed by atoms with Crippen LogP contribution >= 0.6 is 0 Å². The molecule has 0 atom stereocenters. The van der Waals surface area contributed by atoms with Crippen LogP contribution in [-0.4, -0.2) is 26.8 Å². The maximum atomic E-state index is 11.2. The van der Waals surface area contributed by atoms with Crippen molar-refractivity contribution in [3.8, 4) is 16.9 Å². The number of amides is 1. The van der Waals surface area contributed by atoms with E-state index in [4.69, 9.17) is 5.11 Å². The van der Waals surface area contributed by atoms with Gasteiger partial charge in [-0.1, -0.05) is 12.1 Å². The molecule has 2 aromatic carbocycles. The Morgan fingerprint density at radius 1 is 1.16 bits per heavy atom. The molecule has 1 aliphatic rings. The molecule has 25 heavy (non-hydrogen) atoms. The number of hydrogen-bond donors (Lipinski definition) is 2. The Morgan fingerprint density at radius 3 is 2.76 bits per heavy atom. The number of carbonyl (C=O) groups excluding carboxylic acids is 1. The van der Waals surface area contributed by atoms with Crippen molar-refractivity contribution in [3.05, 3.63) is 65.4 Å². The summed E-state index contributed by atoms with van der Waals surface area (Å²) in [6.45, 7) is 1.48. The van der Waals surface area contributed by atoms with Crippen LogP contribution in [0.5, 0.6) is 0 Å². The van der Waals surface area contributed by atoms with E-state index in [-0.39, 0.29) is 11.5 Å². The van der Waals surface area contributed by atoms with E-state index in [1.165, 1.54) is 6.92 Å². The molecule has 6 heteroatoms. The third kappa shape index (κ3) is 2.67. The summed E-state index contributed by atoms with van der Waals surface area (Å²) in [5, 5.41) is 16.5. The van der Waals surface area contributed by atoms with E-state index in [0.29, 0.717) is 5.69 Å². The van der Waals surface area contributed by atoms with Crippen LogP contribution in [0.3, 0.4) is 0 Å². The number of aromatic carboxylic acids is 1. The second kappa shape index (κ2) is 5.59. The lowest BCUT2D eigenvalue weighted by molar-refractivity contribution is -0.114. The Bertz CT molecular complexity index is 1020. The fourth-order valence-corrected chi connectivity index (χ4v) is 3.14. The molecule has 0 radical (unpaired) electrons. The number of rotatable bonds is 3. The van der Waals surface area contributed by atoms with E-state index < -0.39 is 5.97 Å². The molecule has 2 N–H and O–H groups in total. The van der Waals surface area contributed by atoms with E-state index in [2.05, 4.69) is 10.4 Å². The monoisotopic (exact) mass is 333 g/mol. The fraction of sp³-hybridized carbons (Fsp3) is 0.105. The Hall–Kier alpha value is -3.41. The number of nitrogens with zero attached hydrogens (tertiary/aromatic N) is 2. The van der Waals surface area contributed by atoms with E-state index >= 15 is 0 Å². The molecule has 1 aliphatic carbocycles. The highest BCUT2D eigenvalue weighted by Gasteiger charge is 2.23. The zero-order valence-electron chi connectivity index (χ0n) is 13.5. The average molecular weight is 333 g/mol. The van der Waals surface area contributed by atoms with E-state index in [1.807, 2.05) is 30.5 Å². The summed E-state index contributed by atoms with van der Waals surface area (Å²) >= 11 is 0.